The molecule has 0 radical (unpaired) electrons. The molecule has 4 heteroatoms. The van der Waals surface area contributed by atoms with E-state index in [4.69, 9.17) is 4.52 Å². The van der Waals surface area contributed by atoms with Crippen molar-refractivity contribution in [2.45, 2.75) is 20.0 Å². The fourth-order valence-electron chi connectivity index (χ4n) is 3.28. The average Bonchev–Trinajstić information content (AvgIpc) is 3.25. The van der Waals surface area contributed by atoms with E-state index in [-0.39, 0.29) is 5.91 Å². The molecule has 0 aliphatic rings. The van der Waals surface area contributed by atoms with Gasteiger partial charge in [0.25, 0.3) is 5.91 Å². The number of aryl methyl sites for hydroxylation is 1. The minimum Gasteiger partial charge on any atom is -0.355 e. The van der Waals surface area contributed by atoms with Gasteiger partial charge in [-0.05, 0) is 18.1 Å². The van der Waals surface area contributed by atoms with E-state index in [9.17, 15) is 4.79 Å². The fraction of sp³-hybridized carbons (Fsp3) is 0.120. The molecule has 4 nitrogen and oxygen atoms in total. The van der Waals surface area contributed by atoms with E-state index in [1.807, 2.05) is 96.8 Å². The van der Waals surface area contributed by atoms with Crippen molar-refractivity contribution in [3.63, 3.8) is 0 Å². The van der Waals surface area contributed by atoms with Gasteiger partial charge in [-0.25, -0.2) is 0 Å². The summed E-state index contributed by atoms with van der Waals surface area (Å²) in [6.45, 7) is 3.04. The maximum atomic E-state index is 13.5. The van der Waals surface area contributed by atoms with Gasteiger partial charge in [0.15, 0.2) is 5.76 Å². The molecule has 1 amide bonds. The number of carbonyl (C=O) groups is 1. The average molecular weight is 382 g/mol. The Bertz CT molecular complexity index is 1030. The van der Waals surface area contributed by atoms with Crippen molar-refractivity contribution < 1.29 is 9.32 Å². The molecule has 0 saturated heterocycles. The van der Waals surface area contributed by atoms with E-state index in [1.54, 1.807) is 0 Å². The first kappa shape index (κ1) is 18.7. The van der Waals surface area contributed by atoms with E-state index < -0.39 is 0 Å². The van der Waals surface area contributed by atoms with Gasteiger partial charge < -0.3 is 9.42 Å². The zero-order chi connectivity index (χ0) is 20.1. The Morgan fingerprint density at radius 2 is 1.38 bits per heavy atom. The van der Waals surface area contributed by atoms with Crippen LogP contribution in [0.3, 0.4) is 0 Å². The Labute approximate surface area is 170 Å². The minimum atomic E-state index is -0.102. The van der Waals surface area contributed by atoms with Crippen LogP contribution in [0.2, 0.25) is 0 Å². The summed E-state index contributed by atoms with van der Waals surface area (Å²) in [5.74, 6) is 0.399. The zero-order valence-corrected chi connectivity index (χ0v) is 16.3. The van der Waals surface area contributed by atoms with Gasteiger partial charge in [0.2, 0.25) is 0 Å². The summed E-state index contributed by atoms with van der Waals surface area (Å²) >= 11 is 0. The molecule has 4 rings (SSSR count). The number of hydrogen-bond acceptors (Lipinski definition) is 3. The van der Waals surface area contributed by atoms with Crippen molar-refractivity contribution in [3.8, 4) is 11.3 Å². The SMILES string of the molecule is Cc1ccc(-c2oncc2C(=O)N(Cc2ccccc2)Cc2ccccc2)cc1. The van der Waals surface area contributed by atoms with E-state index in [2.05, 4.69) is 5.16 Å². The number of nitrogens with zero attached hydrogens (tertiary/aromatic N) is 2. The Balaban J connectivity index is 1.66. The van der Waals surface area contributed by atoms with E-state index in [0.717, 1.165) is 22.3 Å². The van der Waals surface area contributed by atoms with Gasteiger partial charge in [-0.3, -0.25) is 4.79 Å². The Morgan fingerprint density at radius 1 is 0.828 bits per heavy atom. The molecule has 3 aromatic carbocycles. The topological polar surface area (TPSA) is 46.3 Å². The van der Waals surface area contributed by atoms with Crippen molar-refractivity contribution in [1.29, 1.82) is 0 Å². The number of carbonyl (C=O) groups excluding carboxylic acids is 1. The Kier molecular flexibility index (Phi) is 5.52. The molecule has 1 heterocycles. The molecule has 0 aliphatic heterocycles. The molecule has 0 bridgehead atoms. The monoisotopic (exact) mass is 382 g/mol. The molecule has 0 aliphatic carbocycles. The van der Waals surface area contributed by atoms with Gasteiger partial charge in [0.1, 0.15) is 5.56 Å². The van der Waals surface area contributed by atoms with Crippen LogP contribution in [0.5, 0.6) is 0 Å². The molecule has 0 saturated carbocycles. The highest BCUT2D eigenvalue weighted by Gasteiger charge is 2.23. The lowest BCUT2D eigenvalue weighted by molar-refractivity contribution is 0.0730. The van der Waals surface area contributed by atoms with Crippen molar-refractivity contribution >= 4 is 5.91 Å². The molecule has 0 unspecified atom stereocenters. The molecule has 0 N–H and O–H groups in total. The van der Waals surface area contributed by atoms with Gasteiger partial charge in [-0.1, -0.05) is 95.6 Å². The quantitative estimate of drug-likeness (QED) is 0.443. The highest BCUT2D eigenvalue weighted by molar-refractivity contribution is 5.99. The summed E-state index contributed by atoms with van der Waals surface area (Å²) in [5.41, 5.74) is 4.61. The van der Waals surface area contributed by atoms with Crippen molar-refractivity contribution in [2.24, 2.45) is 0 Å². The summed E-state index contributed by atoms with van der Waals surface area (Å²) in [5, 5.41) is 3.92. The number of benzene rings is 3. The maximum absolute atomic E-state index is 13.5. The second-order valence-corrected chi connectivity index (χ2v) is 7.07. The molecular weight excluding hydrogens is 360 g/mol. The van der Waals surface area contributed by atoms with Crippen LogP contribution in [0.4, 0.5) is 0 Å². The molecule has 144 valence electrons. The van der Waals surface area contributed by atoms with E-state index >= 15 is 0 Å². The first-order valence-electron chi connectivity index (χ1n) is 9.59. The second kappa shape index (κ2) is 8.57. The molecule has 29 heavy (non-hydrogen) atoms. The molecular formula is C25H22N2O2. The lowest BCUT2D eigenvalue weighted by Crippen LogP contribution is -2.30. The van der Waals surface area contributed by atoms with Crippen LogP contribution in [-0.2, 0) is 13.1 Å². The summed E-state index contributed by atoms with van der Waals surface area (Å²) in [7, 11) is 0. The van der Waals surface area contributed by atoms with Crippen molar-refractivity contribution in [1.82, 2.24) is 10.1 Å². The smallest absolute Gasteiger partial charge is 0.260 e. The van der Waals surface area contributed by atoms with Crippen molar-refractivity contribution in [3.05, 3.63) is 113 Å². The van der Waals surface area contributed by atoms with E-state index in [1.165, 1.54) is 6.20 Å². The highest BCUT2D eigenvalue weighted by Crippen LogP contribution is 2.26. The van der Waals surface area contributed by atoms with Gasteiger partial charge in [-0.15, -0.1) is 0 Å². The normalized spacial score (nSPS) is 10.7. The predicted molar refractivity (Wildman–Crippen MR) is 113 cm³/mol. The van der Waals surface area contributed by atoms with Gasteiger partial charge in [0, 0.05) is 18.7 Å². The van der Waals surface area contributed by atoms with Gasteiger partial charge in [-0.2, -0.15) is 0 Å². The summed E-state index contributed by atoms with van der Waals surface area (Å²) < 4.78 is 5.46. The van der Waals surface area contributed by atoms with Crippen LogP contribution in [0.1, 0.15) is 27.0 Å². The molecule has 0 atom stereocenters. The number of amides is 1. The van der Waals surface area contributed by atoms with Gasteiger partial charge >= 0.3 is 0 Å². The van der Waals surface area contributed by atoms with Gasteiger partial charge in [0.05, 0.1) is 6.20 Å². The minimum absolute atomic E-state index is 0.102. The van der Waals surface area contributed by atoms with Crippen LogP contribution in [0, 0.1) is 6.92 Å². The second-order valence-electron chi connectivity index (χ2n) is 7.07. The highest BCUT2D eigenvalue weighted by atomic mass is 16.5. The zero-order valence-electron chi connectivity index (χ0n) is 16.3. The molecule has 4 aromatic rings. The standard InChI is InChI=1S/C25H22N2O2/c1-19-12-14-22(15-13-19)24-23(16-26-29-24)25(28)27(17-20-8-4-2-5-9-20)18-21-10-6-3-7-11-21/h2-16H,17-18H2,1H3. The lowest BCUT2D eigenvalue weighted by Gasteiger charge is -2.23. The number of rotatable bonds is 6. The predicted octanol–water partition coefficient (Wildman–Crippen LogP) is 5.49. The Hall–Kier alpha value is -3.66. The molecule has 1 aromatic heterocycles. The maximum Gasteiger partial charge on any atom is 0.260 e. The fourth-order valence-corrected chi connectivity index (χ4v) is 3.28. The van der Waals surface area contributed by atoms with Crippen molar-refractivity contribution in [2.75, 3.05) is 0 Å². The first-order valence-corrected chi connectivity index (χ1v) is 9.59. The largest absolute Gasteiger partial charge is 0.355 e. The number of aromatic nitrogens is 1. The number of hydrogen-bond donors (Lipinski definition) is 0. The summed E-state index contributed by atoms with van der Waals surface area (Å²) in [6.07, 6.45) is 1.51. The van der Waals surface area contributed by atoms with Crippen LogP contribution in [-0.4, -0.2) is 16.0 Å². The third-order valence-electron chi connectivity index (χ3n) is 4.83. The molecule has 0 fully saturated rings. The molecule has 0 spiro atoms. The summed E-state index contributed by atoms with van der Waals surface area (Å²) in [6, 6.07) is 27.9. The van der Waals surface area contributed by atoms with Crippen LogP contribution >= 0.6 is 0 Å². The van der Waals surface area contributed by atoms with E-state index in [0.29, 0.717) is 24.4 Å². The summed E-state index contributed by atoms with van der Waals surface area (Å²) in [4.78, 5) is 15.3. The third-order valence-corrected chi connectivity index (χ3v) is 4.83. The Morgan fingerprint density at radius 3 is 1.93 bits per heavy atom. The third kappa shape index (κ3) is 4.43. The lowest BCUT2D eigenvalue weighted by atomic mass is 10.1. The first-order chi connectivity index (χ1) is 14.2. The van der Waals surface area contributed by atoms with Crippen LogP contribution in [0.25, 0.3) is 11.3 Å². The van der Waals surface area contributed by atoms with Crippen LogP contribution in [0.15, 0.2) is 95.6 Å². The van der Waals surface area contributed by atoms with Crippen LogP contribution < -0.4 is 0 Å².